The zero-order valence-corrected chi connectivity index (χ0v) is 13.6. The van der Waals surface area contributed by atoms with Gasteiger partial charge in [0.2, 0.25) is 0 Å². The van der Waals surface area contributed by atoms with Crippen LogP contribution >= 0.6 is 0 Å². The van der Waals surface area contributed by atoms with E-state index in [9.17, 15) is 10.1 Å². The van der Waals surface area contributed by atoms with Crippen LogP contribution in [0.1, 0.15) is 27.0 Å². The molecule has 0 spiro atoms. The van der Waals surface area contributed by atoms with E-state index in [2.05, 4.69) is 6.07 Å². The number of fused-ring (bicyclic) bond motifs is 1. The average Bonchev–Trinajstić information content (AvgIpc) is 2.94. The second kappa shape index (κ2) is 5.74. The van der Waals surface area contributed by atoms with E-state index in [4.69, 9.17) is 9.84 Å². The molecule has 2 aromatic carbocycles. The molecule has 0 aliphatic rings. The van der Waals surface area contributed by atoms with Gasteiger partial charge >= 0.3 is 5.97 Å². The van der Waals surface area contributed by atoms with Crippen LogP contribution in [0.3, 0.4) is 0 Å². The third-order valence-electron chi connectivity index (χ3n) is 4.19. The Bertz CT molecular complexity index is 992. The van der Waals surface area contributed by atoms with E-state index in [0.29, 0.717) is 5.56 Å². The van der Waals surface area contributed by atoms with Crippen molar-refractivity contribution in [1.29, 1.82) is 5.26 Å². The van der Waals surface area contributed by atoms with Gasteiger partial charge in [0, 0.05) is 22.8 Å². The normalized spacial score (nSPS) is 10.6. The van der Waals surface area contributed by atoms with Gasteiger partial charge in [-0.25, -0.2) is 4.79 Å². The molecule has 24 heavy (non-hydrogen) atoms. The van der Waals surface area contributed by atoms with Gasteiger partial charge in [0.25, 0.3) is 0 Å². The maximum absolute atomic E-state index is 11.0. The number of carboxylic acids is 1. The van der Waals surface area contributed by atoms with Crippen LogP contribution in [0.5, 0.6) is 5.75 Å². The Morgan fingerprint density at radius 1 is 1.25 bits per heavy atom. The lowest BCUT2D eigenvalue weighted by atomic mass is 10.0. The van der Waals surface area contributed by atoms with Gasteiger partial charge in [0.15, 0.2) is 0 Å². The van der Waals surface area contributed by atoms with Crippen LogP contribution in [0.2, 0.25) is 0 Å². The van der Waals surface area contributed by atoms with Crippen molar-refractivity contribution in [2.45, 2.75) is 13.8 Å². The summed E-state index contributed by atoms with van der Waals surface area (Å²) in [6, 6.07) is 10.8. The maximum Gasteiger partial charge on any atom is 0.335 e. The van der Waals surface area contributed by atoms with Crippen molar-refractivity contribution in [3.8, 4) is 17.5 Å². The fraction of sp³-hybridized carbons (Fsp3) is 0.158. The molecule has 0 bridgehead atoms. The van der Waals surface area contributed by atoms with Crippen molar-refractivity contribution >= 4 is 16.9 Å². The average molecular weight is 320 g/mol. The molecule has 0 aliphatic heterocycles. The summed E-state index contributed by atoms with van der Waals surface area (Å²) >= 11 is 0. The molecule has 1 aromatic heterocycles. The molecule has 1 heterocycles. The molecule has 0 amide bonds. The largest absolute Gasteiger partial charge is 0.496 e. The number of aryl methyl sites for hydroxylation is 2. The van der Waals surface area contributed by atoms with Crippen molar-refractivity contribution in [3.63, 3.8) is 0 Å². The molecule has 0 radical (unpaired) electrons. The number of carboxylic acid groups (broad SMARTS) is 1. The molecule has 3 rings (SSSR count). The van der Waals surface area contributed by atoms with Gasteiger partial charge in [-0.3, -0.25) is 0 Å². The molecule has 0 saturated carbocycles. The highest BCUT2D eigenvalue weighted by Crippen LogP contribution is 2.35. The zero-order chi connectivity index (χ0) is 17.4. The molecular formula is C19H16N2O3. The van der Waals surface area contributed by atoms with Gasteiger partial charge in [-0.15, -0.1) is 0 Å². The van der Waals surface area contributed by atoms with Gasteiger partial charge in [-0.2, -0.15) is 5.26 Å². The monoisotopic (exact) mass is 320 g/mol. The Morgan fingerprint density at radius 2 is 1.92 bits per heavy atom. The number of aromatic nitrogens is 1. The van der Waals surface area contributed by atoms with Crippen molar-refractivity contribution in [3.05, 3.63) is 58.8 Å². The summed E-state index contributed by atoms with van der Waals surface area (Å²) < 4.78 is 7.36. The molecule has 0 unspecified atom stereocenters. The third kappa shape index (κ3) is 2.29. The second-order valence-corrected chi connectivity index (χ2v) is 5.62. The quantitative estimate of drug-likeness (QED) is 0.796. The number of aromatic carboxylic acids is 1. The number of nitriles is 1. The number of rotatable bonds is 3. The van der Waals surface area contributed by atoms with E-state index in [0.717, 1.165) is 33.5 Å². The predicted octanol–water partition coefficient (Wildman–Crippen LogP) is 3.83. The highest BCUT2D eigenvalue weighted by atomic mass is 16.5. The molecule has 1 N–H and O–H groups in total. The molecule has 5 heteroatoms. The van der Waals surface area contributed by atoms with Crippen molar-refractivity contribution in [1.82, 2.24) is 4.57 Å². The van der Waals surface area contributed by atoms with Crippen LogP contribution in [0, 0.1) is 25.2 Å². The van der Waals surface area contributed by atoms with Crippen LogP contribution in [-0.2, 0) is 0 Å². The van der Waals surface area contributed by atoms with Crippen molar-refractivity contribution in [2.75, 3.05) is 7.11 Å². The first-order valence-corrected chi connectivity index (χ1v) is 7.41. The maximum atomic E-state index is 11.0. The first-order valence-electron chi connectivity index (χ1n) is 7.41. The fourth-order valence-corrected chi connectivity index (χ4v) is 3.11. The Kier molecular flexibility index (Phi) is 3.74. The summed E-state index contributed by atoms with van der Waals surface area (Å²) in [5.74, 6) is -0.189. The van der Waals surface area contributed by atoms with Crippen LogP contribution in [0.25, 0.3) is 16.6 Å². The Labute approximate surface area is 139 Å². The van der Waals surface area contributed by atoms with E-state index in [-0.39, 0.29) is 5.56 Å². The lowest BCUT2D eigenvalue weighted by Gasteiger charge is -2.12. The SMILES string of the molecule is COc1c(C)cc2c(c(C#N)cn2-c2ccc(C(=O)O)cc2)c1C. The number of benzene rings is 2. The molecule has 0 atom stereocenters. The number of nitrogens with zero attached hydrogens (tertiary/aromatic N) is 2. The molecule has 0 saturated heterocycles. The predicted molar refractivity (Wildman–Crippen MR) is 91.0 cm³/mol. The molecule has 5 nitrogen and oxygen atoms in total. The molecule has 0 fully saturated rings. The Morgan fingerprint density at radius 3 is 2.46 bits per heavy atom. The minimum atomic E-state index is -0.965. The first-order chi connectivity index (χ1) is 11.5. The van der Waals surface area contributed by atoms with Crippen LogP contribution < -0.4 is 4.74 Å². The van der Waals surface area contributed by atoms with Gasteiger partial charge in [-0.05, 0) is 49.7 Å². The number of methoxy groups -OCH3 is 1. The van der Waals surface area contributed by atoms with E-state index < -0.39 is 5.97 Å². The van der Waals surface area contributed by atoms with E-state index in [1.807, 2.05) is 24.5 Å². The summed E-state index contributed by atoms with van der Waals surface area (Å²) in [7, 11) is 1.62. The van der Waals surface area contributed by atoms with Crippen LogP contribution in [-0.4, -0.2) is 22.8 Å². The van der Waals surface area contributed by atoms with Gasteiger partial charge < -0.3 is 14.4 Å². The summed E-state index contributed by atoms with van der Waals surface area (Å²) in [5.41, 5.74) is 4.38. The summed E-state index contributed by atoms with van der Waals surface area (Å²) in [6.45, 7) is 3.90. The van der Waals surface area contributed by atoms with Crippen LogP contribution in [0.15, 0.2) is 36.5 Å². The Hall–Kier alpha value is -3.26. The third-order valence-corrected chi connectivity index (χ3v) is 4.19. The second-order valence-electron chi connectivity index (χ2n) is 5.62. The smallest absolute Gasteiger partial charge is 0.335 e. The number of carbonyl (C=O) groups is 1. The zero-order valence-electron chi connectivity index (χ0n) is 13.6. The van der Waals surface area contributed by atoms with E-state index in [1.165, 1.54) is 0 Å². The van der Waals surface area contributed by atoms with E-state index in [1.54, 1.807) is 37.6 Å². The summed E-state index contributed by atoms with van der Waals surface area (Å²) in [4.78, 5) is 11.0. The minimum absolute atomic E-state index is 0.227. The summed E-state index contributed by atoms with van der Waals surface area (Å²) in [5, 5.41) is 19.4. The summed E-state index contributed by atoms with van der Waals surface area (Å²) in [6.07, 6.45) is 1.77. The van der Waals surface area contributed by atoms with Crippen molar-refractivity contribution < 1.29 is 14.6 Å². The molecule has 3 aromatic rings. The molecular weight excluding hydrogens is 304 g/mol. The molecule has 120 valence electrons. The fourth-order valence-electron chi connectivity index (χ4n) is 3.11. The Balaban J connectivity index is 2.30. The number of hydrogen-bond donors (Lipinski definition) is 1. The van der Waals surface area contributed by atoms with Gasteiger partial charge in [-0.1, -0.05) is 0 Å². The first kappa shape index (κ1) is 15.6. The lowest BCUT2D eigenvalue weighted by molar-refractivity contribution is 0.0697. The lowest BCUT2D eigenvalue weighted by Crippen LogP contribution is -1.98. The van der Waals surface area contributed by atoms with Crippen molar-refractivity contribution in [2.24, 2.45) is 0 Å². The van der Waals surface area contributed by atoms with Gasteiger partial charge in [0.05, 0.1) is 23.8 Å². The topological polar surface area (TPSA) is 75.2 Å². The number of ether oxygens (including phenoxy) is 1. The minimum Gasteiger partial charge on any atom is -0.496 e. The highest BCUT2D eigenvalue weighted by molar-refractivity contribution is 5.93. The van der Waals surface area contributed by atoms with Gasteiger partial charge in [0.1, 0.15) is 11.8 Å². The standard InChI is InChI=1S/C19H16N2O3/c1-11-8-16-17(12(2)18(11)24-3)14(9-20)10-21(16)15-6-4-13(5-7-15)19(22)23/h4-8,10H,1-3H3,(H,22,23). The van der Waals surface area contributed by atoms with Crippen LogP contribution in [0.4, 0.5) is 0 Å². The van der Waals surface area contributed by atoms with E-state index >= 15 is 0 Å². The highest BCUT2D eigenvalue weighted by Gasteiger charge is 2.17. The number of hydrogen-bond acceptors (Lipinski definition) is 3. The molecule has 0 aliphatic carbocycles.